The van der Waals surface area contributed by atoms with Crippen LogP contribution in [0.4, 0.5) is 5.69 Å². The molecule has 2 N–H and O–H groups in total. The summed E-state index contributed by atoms with van der Waals surface area (Å²) in [7, 11) is 3.94. The molecule has 1 atom stereocenters. The molecule has 0 saturated heterocycles. The van der Waals surface area contributed by atoms with Crippen molar-refractivity contribution in [2.45, 2.75) is 19.6 Å². The van der Waals surface area contributed by atoms with Gasteiger partial charge in [-0.15, -0.1) is 0 Å². The van der Waals surface area contributed by atoms with Crippen molar-refractivity contribution in [3.63, 3.8) is 0 Å². The molecular weight excluding hydrogens is 188 g/mol. The van der Waals surface area contributed by atoms with Gasteiger partial charge in [0.05, 0.1) is 6.10 Å². The van der Waals surface area contributed by atoms with Crippen LogP contribution in [0.25, 0.3) is 0 Å². The highest BCUT2D eigenvalue weighted by molar-refractivity contribution is 5.53. The van der Waals surface area contributed by atoms with Crippen molar-refractivity contribution < 1.29 is 5.11 Å². The van der Waals surface area contributed by atoms with Gasteiger partial charge in [-0.3, -0.25) is 0 Å². The molecule has 3 nitrogen and oxygen atoms in total. The summed E-state index contributed by atoms with van der Waals surface area (Å²) in [6.07, 6.45) is -0.308. The molecule has 84 valence electrons. The first kappa shape index (κ1) is 12.0. The van der Waals surface area contributed by atoms with E-state index in [-0.39, 0.29) is 6.10 Å². The predicted molar refractivity (Wildman–Crippen MR) is 64.2 cm³/mol. The first-order valence-corrected chi connectivity index (χ1v) is 5.27. The molecule has 15 heavy (non-hydrogen) atoms. The molecule has 0 aliphatic heterocycles. The van der Waals surface area contributed by atoms with Gasteiger partial charge in [0.25, 0.3) is 0 Å². The molecule has 0 radical (unpaired) electrons. The van der Waals surface area contributed by atoms with Crippen molar-refractivity contribution in [1.29, 1.82) is 0 Å². The van der Waals surface area contributed by atoms with Crippen LogP contribution < -0.4 is 10.2 Å². The topological polar surface area (TPSA) is 35.5 Å². The summed E-state index contributed by atoms with van der Waals surface area (Å²) >= 11 is 0. The van der Waals surface area contributed by atoms with Crippen molar-refractivity contribution in [2.75, 3.05) is 25.5 Å². The molecule has 0 fully saturated rings. The average Bonchev–Trinajstić information content (AvgIpc) is 2.18. The number of benzene rings is 1. The maximum atomic E-state index is 9.35. The summed E-state index contributed by atoms with van der Waals surface area (Å²) in [6, 6.07) is 8.23. The van der Waals surface area contributed by atoms with Gasteiger partial charge >= 0.3 is 0 Å². The van der Waals surface area contributed by atoms with Crippen LogP contribution in [0.3, 0.4) is 0 Å². The Hall–Kier alpha value is -1.06. The number of rotatable bonds is 5. The maximum absolute atomic E-state index is 9.35. The number of para-hydroxylation sites is 1. The fraction of sp³-hybridized carbons (Fsp3) is 0.500. The number of likely N-dealkylation sites (N-methyl/N-ethyl adjacent to an activating group) is 1. The fourth-order valence-electron chi connectivity index (χ4n) is 1.72. The van der Waals surface area contributed by atoms with Gasteiger partial charge in [0.1, 0.15) is 0 Å². The third-order valence-electron chi connectivity index (χ3n) is 2.31. The van der Waals surface area contributed by atoms with E-state index >= 15 is 0 Å². The molecule has 1 aromatic carbocycles. The zero-order valence-electron chi connectivity index (χ0n) is 9.70. The summed E-state index contributed by atoms with van der Waals surface area (Å²) < 4.78 is 0. The van der Waals surface area contributed by atoms with Crippen molar-refractivity contribution >= 4 is 5.69 Å². The van der Waals surface area contributed by atoms with Crippen molar-refractivity contribution in [3.05, 3.63) is 29.8 Å². The Kier molecular flexibility index (Phi) is 4.59. The molecule has 0 heterocycles. The van der Waals surface area contributed by atoms with Crippen LogP contribution in [0.1, 0.15) is 12.5 Å². The monoisotopic (exact) mass is 208 g/mol. The molecule has 1 rings (SSSR count). The van der Waals surface area contributed by atoms with Crippen LogP contribution in [-0.2, 0) is 6.54 Å². The van der Waals surface area contributed by atoms with Crippen molar-refractivity contribution in [2.24, 2.45) is 0 Å². The van der Waals surface area contributed by atoms with Crippen molar-refractivity contribution in [1.82, 2.24) is 5.32 Å². The summed E-state index contributed by atoms with van der Waals surface area (Å²) in [5.41, 5.74) is 2.43. The molecule has 0 aliphatic rings. The Morgan fingerprint density at radius 3 is 2.67 bits per heavy atom. The number of aliphatic hydroxyl groups is 1. The van der Waals surface area contributed by atoms with Crippen LogP contribution in [0.2, 0.25) is 0 Å². The van der Waals surface area contributed by atoms with Gasteiger partial charge in [-0.2, -0.15) is 0 Å². The average molecular weight is 208 g/mol. The molecule has 1 unspecified atom stereocenters. The molecule has 1 aromatic rings. The number of anilines is 1. The Morgan fingerprint density at radius 1 is 1.40 bits per heavy atom. The third-order valence-corrected chi connectivity index (χ3v) is 2.31. The summed E-state index contributed by atoms with van der Waals surface area (Å²) in [5, 5.41) is 12.5. The number of aliphatic hydroxyl groups excluding tert-OH is 1. The minimum atomic E-state index is -0.308. The second-order valence-corrected chi connectivity index (χ2v) is 3.89. The largest absolute Gasteiger partial charge is 0.392 e. The first-order chi connectivity index (χ1) is 7.15. The summed E-state index contributed by atoms with van der Waals surface area (Å²) in [4.78, 5) is 2.08. The van der Waals surface area contributed by atoms with E-state index in [1.807, 2.05) is 26.2 Å². The van der Waals surface area contributed by atoms with E-state index in [9.17, 15) is 5.11 Å². The highest BCUT2D eigenvalue weighted by Gasteiger charge is 2.07. The van der Waals surface area contributed by atoms with E-state index in [0.29, 0.717) is 6.54 Å². The predicted octanol–water partition coefficient (Wildman–Crippen LogP) is 1.22. The lowest BCUT2D eigenvalue weighted by atomic mass is 10.1. The minimum Gasteiger partial charge on any atom is -0.392 e. The van der Waals surface area contributed by atoms with Gasteiger partial charge < -0.3 is 15.3 Å². The Bertz CT molecular complexity index is 299. The van der Waals surface area contributed by atoms with Gasteiger partial charge in [0.15, 0.2) is 0 Å². The molecule has 0 saturated carbocycles. The van der Waals surface area contributed by atoms with Crippen LogP contribution in [-0.4, -0.2) is 31.9 Å². The Balaban J connectivity index is 2.81. The van der Waals surface area contributed by atoms with Gasteiger partial charge in [0, 0.05) is 25.8 Å². The number of nitrogens with one attached hydrogen (secondary N) is 1. The molecule has 0 bridgehead atoms. The normalized spacial score (nSPS) is 12.5. The standard InChI is InChI=1S/C12H20N2O/c1-10(15)9-14(3)12-7-5-4-6-11(12)8-13-2/h4-7,10,13,15H,8-9H2,1-3H3. The van der Waals surface area contributed by atoms with Crippen LogP contribution in [0, 0.1) is 0 Å². The molecule has 0 amide bonds. The smallest absolute Gasteiger partial charge is 0.0686 e. The highest BCUT2D eigenvalue weighted by atomic mass is 16.3. The maximum Gasteiger partial charge on any atom is 0.0686 e. The van der Waals surface area contributed by atoms with E-state index in [1.165, 1.54) is 11.3 Å². The van der Waals surface area contributed by atoms with Gasteiger partial charge in [-0.05, 0) is 25.6 Å². The van der Waals surface area contributed by atoms with Crippen LogP contribution >= 0.6 is 0 Å². The quantitative estimate of drug-likeness (QED) is 0.764. The lowest BCUT2D eigenvalue weighted by molar-refractivity contribution is 0.201. The van der Waals surface area contributed by atoms with E-state index in [1.54, 1.807) is 6.92 Å². The Labute approximate surface area is 91.7 Å². The second kappa shape index (κ2) is 5.73. The zero-order valence-corrected chi connectivity index (χ0v) is 9.70. The summed E-state index contributed by atoms with van der Waals surface area (Å²) in [5.74, 6) is 0. The van der Waals surface area contributed by atoms with E-state index in [2.05, 4.69) is 22.3 Å². The lowest BCUT2D eigenvalue weighted by Gasteiger charge is -2.23. The van der Waals surface area contributed by atoms with Crippen LogP contribution in [0.15, 0.2) is 24.3 Å². The van der Waals surface area contributed by atoms with Crippen molar-refractivity contribution in [3.8, 4) is 0 Å². The third kappa shape index (κ3) is 3.53. The Morgan fingerprint density at radius 2 is 2.07 bits per heavy atom. The second-order valence-electron chi connectivity index (χ2n) is 3.89. The SMILES string of the molecule is CNCc1ccccc1N(C)CC(C)O. The number of nitrogens with zero attached hydrogens (tertiary/aromatic N) is 1. The van der Waals surface area contributed by atoms with Gasteiger partial charge in [-0.25, -0.2) is 0 Å². The van der Waals surface area contributed by atoms with Gasteiger partial charge in [-0.1, -0.05) is 18.2 Å². The molecular formula is C12H20N2O. The molecule has 0 aromatic heterocycles. The number of hydrogen-bond donors (Lipinski definition) is 2. The first-order valence-electron chi connectivity index (χ1n) is 5.27. The van der Waals surface area contributed by atoms with E-state index < -0.39 is 0 Å². The zero-order chi connectivity index (χ0) is 11.3. The summed E-state index contributed by atoms with van der Waals surface area (Å²) in [6.45, 7) is 3.30. The molecule has 0 spiro atoms. The van der Waals surface area contributed by atoms with E-state index in [0.717, 1.165) is 6.54 Å². The minimum absolute atomic E-state index is 0.308. The highest BCUT2D eigenvalue weighted by Crippen LogP contribution is 2.18. The number of hydrogen-bond acceptors (Lipinski definition) is 3. The molecule has 3 heteroatoms. The van der Waals surface area contributed by atoms with Gasteiger partial charge in [0.2, 0.25) is 0 Å². The lowest BCUT2D eigenvalue weighted by Crippen LogP contribution is -2.28. The molecule has 0 aliphatic carbocycles. The fourth-order valence-corrected chi connectivity index (χ4v) is 1.72. The van der Waals surface area contributed by atoms with E-state index in [4.69, 9.17) is 0 Å². The van der Waals surface area contributed by atoms with Crippen LogP contribution in [0.5, 0.6) is 0 Å².